The van der Waals surface area contributed by atoms with Crippen LogP contribution in [0.15, 0.2) is 18.2 Å². The van der Waals surface area contributed by atoms with Crippen molar-refractivity contribution in [3.05, 3.63) is 29.3 Å². The van der Waals surface area contributed by atoms with E-state index in [2.05, 4.69) is 21.3 Å². The van der Waals surface area contributed by atoms with Gasteiger partial charge in [-0.25, -0.2) is 4.79 Å². The molecule has 2 rings (SSSR count). The van der Waals surface area contributed by atoms with E-state index in [1.54, 1.807) is 18.2 Å². The maximum atomic E-state index is 11.9. The summed E-state index contributed by atoms with van der Waals surface area (Å²) in [6, 6.07) is 5.40. The zero-order valence-corrected chi connectivity index (χ0v) is 13.2. The summed E-state index contributed by atoms with van der Waals surface area (Å²) in [6.45, 7) is 5.99. The Morgan fingerprint density at radius 1 is 1.32 bits per heavy atom. The topological polar surface area (TPSA) is 82.3 Å². The number of anilines is 1. The average molecular weight is 304 g/mol. The first-order valence-corrected chi connectivity index (χ1v) is 7.77. The van der Waals surface area contributed by atoms with Crippen LogP contribution in [0, 0.1) is 6.92 Å². The molecule has 1 fully saturated rings. The van der Waals surface area contributed by atoms with E-state index in [0.717, 1.165) is 24.9 Å². The third-order valence-corrected chi connectivity index (χ3v) is 3.75. The molecule has 1 heterocycles. The molecule has 0 spiro atoms. The first-order chi connectivity index (χ1) is 10.6. The third kappa shape index (κ3) is 4.46. The molecule has 1 aromatic rings. The van der Waals surface area contributed by atoms with Crippen LogP contribution in [0.4, 0.5) is 10.5 Å². The second-order valence-corrected chi connectivity index (χ2v) is 5.52. The van der Waals surface area contributed by atoms with E-state index in [1.807, 2.05) is 13.8 Å². The number of nitrogens with one attached hydrogen (secondary N) is 4. The zero-order chi connectivity index (χ0) is 15.9. The fourth-order valence-corrected chi connectivity index (χ4v) is 2.52. The SMILES string of the molecule is CCNC(=O)c1ccc(NC(=O)NC[C@@H]2CCCN2)c(C)c1. The molecule has 0 aliphatic carbocycles. The second kappa shape index (κ2) is 7.79. The van der Waals surface area contributed by atoms with Gasteiger partial charge in [-0.1, -0.05) is 0 Å². The Bertz CT molecular complexity index is 539. The summed E-state index contributed by atoms with van der Waals surface area (Å²) in [4.78, 5) is 23.7. The minimum Gasteiger partial charge on any atom is -0.352 e. The van der Waals surface area contributed by atoms with Gasteiger partial charge in [-0.3, -0.25) is 4.79 Å². The lowest BCUT2D eigenvalue weighted by atomic mass is 10.1. The van der Waals surface area contributed by atoms with Crippen molar-refractivity contribution in [1.82, 2.24) is 16.0 Å². The molecule has 22 heavy (non-hydrogen) atoms. The number of aryl methyl sites for hydroxylation is 1. The third-order valence-electron chi connectivity index (χ3n) is 3.75. The van der Waals surface area contributed by atoms with Crippen molar-refractivity contribution in [2.24, 2.45) is 0 Å². The molecule has 0 radical (unpaired) electrons. The number of hydrogen-bond acceptors (Lipinski definition) is 3. The molecular formula is C16H24N4O2. The smallest absolute Gasteiger partial charge is 0.319 e. The van der Waals surface area contributed by atoms with Crippen LogP contribution < -0.4 is 21.3 Å². The van der Waals surface area contributed by atoms with Crippen LogP contribution in [0.25, 0.3) is 0 Å². The highest BCUT2D eigenvalue weighted by molar-refractivity contribution is 5.96. The van der Waals surface area contributed by atoms with E-state index < -0.39 is 0 Å². The molecule has 3 amide bonds. The molecule has 6 heteroatoms. The van der Waals surface area contributed by atoms with Crippen molar-refractivity contribution in [2.75, 3.05) is 25.0 Å². The first kappa shape index (κ1) is 16.3. The molecule has 1 aromatic carbocycles. The molecule has 0 saturated carbocycles. The van der Waals surface area contributed by atoms with Gasteiger partial charge in [-0.15, -0.1) is 0 Å². The van der Waals surface area contributed by atoms with Crippen LogP contribution in [0.3, 0.4) is 0 Å². The van der Waals surface area contributed by atoms with Crippen molar-refractivity contribution >= 4 is 17.6 Å². The van der Waals surface area contributed by atoms with Gasteiger partial charge in [0.15, 0.2) is 0 Å². The highest BCUT2D eigenvalue weighted by Gasteiger charge is 2.15. The van der Waals surface area contributed by atoms with Crippen LogP contribution in [0.1, 0.15) is 35.7 Å². The van der Waals surface area contributed by atoms with Gasteiger partial charge >= 0.3 is 6.03 Å². The van der Waals surface area contributed by atoms with E-state index in [4.69, 9.17) is 0 Å². The first-order valence-electron chi connectivity index (χ1n) is 7.77. The fourth-order valence-electron chi connectivity index (χ4n) is 2.52. The van der Waals surface area contributed by atoms with E-state index in [-0.39, 0.29) is 11.9 Å². The normalized spacial score (nSPS) is 17.1. The number of carbonyl (C=O) groups is 2. The number of amides is 3. The summed E-state index contributed by atoms with van der Waals surface area (Å²) in [5.41, 5.74) is 2.17. The predicted molar refractivity (Wildman–Crippen MR) is 87.2 cm³/mol. The highest BCUT2D eigenvalue weighted by Crippen LogP contribution is 2.16. The molecule has 0 aromatic heterocycles. The summed E-state index contributed by atoms with van der Waals surface area (Å²) in [5.74, 6) is -0.103. The summed E-state index contributed by atoms with van der Waals surface area (Å²) in [5, 5.41) is 11.8. The van der Waals surface area contributed by atoms with Crippen LogP contribution in [0.2, 0.25) is 0 Å². The Hall–Kier alpha value is -2.08. The molecule has 1 atom stereocenters. The van der Waals surface area contributed by atoms with Crippen molar-refractivity contribution in [1.29, 1.82) is 0 Å². The van der Waals surface area contributed by atoms with Gasteiger partial charge in [-0.05, 0) is 57.0 Å². The van der Waals surface area contributed by atoms with Gasteiger partial charge in [-0.2, -0.15) is 0 Å². The van der Waals surface area contributed by atoms with Crippen LogP contribution in [-0.2, 0) is 0 Å². The Kier molecular flexibility index (Phi) is 5.77. The predicted octanol–water partition coefficient (Wildman–Crippen LogP) is 1.62. The lowest BCUT2D eigenvalue weighted by molar-refractivity contribution is 0.0955. The Morgan fingerprint density at radius 3 is 2.77 bits per heavy atom. The highest BCUT2D eigenvalue weighted by atomic mass is 16.2. The summed E-state index contributed by atoms with van der Waals surface area (Å²) in [7, 11) is 0. The minimum atomic E-state index is -0.220. The molecule has 0 unspecified atom stereocenters. The Balaban J connectivity index is 1.88. The maximum absolute atomic E-state index is 11.9. The summed E-state index contributed by atoms with van der Waals surface area (Å²) >= 11 is 0. The van der Waals surface area contributed by atoms with Crippen molar-refractivity contribution in [3.8, 4) is 0 Å². The van der Waals surface area contributed by atoms with Gasteiger partial charge in [0, 0.05) is 30.4 Å². The molecule has 1 aliphatic rings. The van der Waals surface area contributed by atoms with Gasteiger partial charge in [0.1, 0.15) is 0 Å². The van der Waals surface area contributed by atoms with Crippen LogP contribution >= 0.6 is 0 Å². The quantitative estimate of drug-likeness (QED) is 0.667. The average Bonchev–Trinajstić information content (AvgIpc) is 3.01. The summed E-state index contributed by atoms with van der Waals surface area (Å²) < 4.78 is 0. The van der Waals surface area contributed by atoms with Crippen molar-refractivity contribution in [2.45, 2.75) is 32.7 Å². The summed E-state index contributed by atoms with van der Waals surface area (Å²) in [6.07, 6.45) is 2.26. The molecule has 1 saturated heterocycles. The zero-order valence-electron chi connectivity index (χ0n) is 13.2. The fraction of sp³-hybridized carbons (Fsp3) is 0.500. The van der Waals surface area contributed by atoms with E-state index >= 15 is 0 Å². The maximum Gasteiger partial charge on any atom is 0.319 e. The molecule has 0 bridgehead atoms. The number of rotatable bonds is 5. The van der Waals surface area contributed by atoms with Gasteiger partial charge < -0.3 is 21.3 Å². The molecular weight excluding hydrogens is 280 g/mol. The molecule has 4 N–H and O–H groups in total. The number of hydrogen-bond donors (Lipinski definition) is 4. The molecule has 120 valence electrons. The number of benzene rings is 1. The number of urea groups is 1. The van der Waals surface area contributed by atoms with Crippen LogP contribution in [0.5, 0.6) is 0 Å². The van der Waals surface area contributed by atoms with E-state index in [9.17, 15) is 9.59 Å². The van der Waals surface area contributed by atoms with Crippen molar-refractivity contribution < 1.29 is 9.59 Å². The van der Waals surface area contributed by atoms with Gasteiger partial charge in [0.25, 0.3) is 5.91 Å². The van der Waals surface area contributed by atoms with Gasteiger partial charge in [0.05, 0.1) is 0 Å². The Labute approximate surface area is 131 Å². The largest absolute Gasteiger partial charge is 0.352 e. The molecule has 6 nitrogen and oxygen atoms in total. The van der Waals surface area contributed by atoms with Crippen molar-refractivity contribution in [3.63, 3.8) is 0 Å². The van der Waals surface area contributed by atoms with Gasteiger partial charge in [0.2, 0.25) is 0 Å². The van der Waals surface area contributed by atoms with E-state index in [0.29, 0.717) is 30.4 Å². The Morgan fingerprint density at radius 2 is 2.14 bits per heavy atom. The lowest BCUT2D eigenvalue weighted by Crippen LogP contribution is -2.39. The van der Waals surface area contributed by atoms with Crippen LogP contribution in [-0.4, -0.2) is 37.6 Å². The standard InChI is InChI=1S/C16H24N4O2/c1-3-17-15(21)12-6-7-14(11(2)9-12)20-16(22)19-10-13-5-4-8-18-13/h6-7,9,13,18H,3-5,8,10H2,1-2H3,(H,17,21)(H2,19,20,22)/t13-/m0/s1. The lowest BCUT2D eigenvalue weighted by Gasteiger charge is -2.14. The minimum absolute atomic E-state index is 0.103. The monoisotopic (exact) mass is 304 g/mol. The number of carbonyl (C=O) groups excluding carboxylic acids is 2. The van der Waals surface area contributed by atoms with E-state index in [1.165, 1.54) is 0 Å². The molecule has 1 aliphatic heterocycles. The second-order valence-electron chi connectivity index (χ2n) is 5.52.